The minimum absolute atomic E-state index is 0.134. The summed E-state index contributed by atoms with van der Waals surface area (Å²) in [6.45, 7) is -4.04. The zero-order valence-corrected chi connectivity index (χ0v) is 8.79. The Morgan fingerprint density at radius 2 is 1.47 bits per heavy atom. The highest BCUT2D eigenvalue weighted by molar-refractivity contribution is 5.55. The molecule has 0 fully saturated rings. The summed E-state index contributed by atoms with van der Waals surface area (Å²) in [6.07, 6.45) is 0. The van der Waals surface area contributed by atoms with Crippen LogP contribution in [0.15, 0.2) is 12.1 Å². The van der Waals surface area contributed by atoms with Gasteiger partial charge in [0.15, 0.2) is 11.5 Å². The molecule has 0 unspecified atom stereocenters. The molecule has 1 N–H and O–H groups in total. The SMILES string of the molecule is OCc1ccc(OCF)c(OCF)c1OCF. The van der Waals surface area contributed by atoms with Gasteiger partial charge in [-0.05, 0) is 12.1 Å². The minimum atomic E-state index is -1.22. The molecule has 17 heavy (non-hydrogen) atoms. The summed E-state index contributed by atoms with van der Waals surface area (Å²) in [5.41, 5.74) is 0.178. The second kappa shape index (κ2) is 6.85. The second-order valence-electron chi connectivity index (χ2n) is 2.80. The molecule has 96 valence electrons. The van der Waals surface area contributed by atoms with Crippen molar-refractivity contribution in [2.24, 2.45) is 0 Å². The molecule has 0 saturated heterocycles. The second-order valence-corrected chi connectivity index (χ2v) is 2.80. The zero-order valence-electron chi connectivity index (χ0n) is 8.79. The molecule has 0 aliphatic carbocycles. The van der Waals surface area contributed by atoms with Crippen molar-refractivity contribution in [3.63, 3.8) is 0 Å². The van der Waals surface area contributed by atoms with Crippen LogP contribution >= 0.6 is 0 Å². The molecular formula is C10H11F3O4. The quantitative estimate of drug-likeness (QED) is 0.807. The molecule has 1 aromatic carbocycles. The third kappa shape index (κ3) is 3.16. The highest BCUT2D eigenvalue weighted by Gasteiger charge is 2.17. The van der Waals surface area contributed by atoms with Gasteiger partial charge in [0.05, 0.1) is 6.61 Å². The monoisotopic (exact) mass is 252 g/mol. The third-order valence-electron chi connectivity index (χ3n) is 1.94. The number of halogens is 3. The van der Waals surface area contributed by atoms with E-state index in [1.807, 2.05) is 0 Å². The molecule has 0 atom stereocenters. The molecule has 0 amide bonds. The largest absolute Gasteiger partial charge is 0.459 e. The number of benzene rings is 1. The molecule has 0 spiro atoms. The van der Waals surface area contributed by atoms with Crippen LogP contribution in [0.25, 0.3) is 0 Å². The Labute approximate surface area is 95.5 Å². The summed E-state index contributed by atoms with van der Waals surface area (Å²) in [6, 6.07) is 2.60. The first-order valence-corrected chi connectivity index (χ1v) is 4.61. The molecule has 7 heteroatoms. The number of hydrogen-bond donors (Lipinski definition) is 1. The van der Waals surface area contributed by atoms with Crippen LogP contribution in [0.1, 0.15) is 5.56 Å². The zero-order chi connectivity index (χ0) is 12.7. The van der Waals surface area contributed by atoms with E-state index in [-0.39, 0.29) is 22.8 Å². The van der Waals surface area contributed by atoms with Crippen molar-refractivity contribution in [2.45, 2.75) is 6.61 Å². The van der Waals surface area contributed by atoms with E-state index in [0.29, 0.717) is 0 Å². The molecule has 0 radical (unpaired) electrons. The summed E-state index contributed by atoms with van der Waals surface area (Å²) < 4.78 is 50.1. The van der Waals surface area contributed by atoms with Gasteiger partial charge in [-0.15, -0.1) is 0 Å². The van der Waals surface area contributed by atoms with Crippen LogP contribution in [0.5, 0.6) is 17.2 Å². The van der Waals surface area contributed by atoms with Gasteiger partial charge in [0.25, 0.3) is 0 Å². The summed E-state index contributed by atoms with van der Waals surface area (Å²) in [5, 5.41) is 8.99. The van der Waals surface area contributed by atoms with Crippen molar-refractivity contribution in [3.05, 3.63) is 17.7 Å². The fourth-order valence-corrected chi connectivity index (χ4v) is 1.29. The van der Waals surface area contributed by atoms with Crippen molar-refractivity contribution < 1.29 is 32.5 Å². The van der Waals surface area contributed by atoms with Crippen LogP contribution in [0, 0.1) is 0 Å². The Hall–Kier alpha value is -1.63. The fourth-order valence-electron chi connectivity index (χ4n) is 1.29. The van der Waals surface area contributed by atoms with Gasteiger partial charge >= 0.3 is 0 Å². The van der Waals surface area contributed by atoms with Gasteiger partial charge in [0, 0.05) is 5.56 Å². The molecule has 1 aromatic rings. The van der Waals surface area contributed by atoms with Crippen molar-refractivity contribution in [3.8, 4) is 17.2 Å². The van der Waals surface area contributed by atoms with Gasteiger partial charge in [0.2, 0.25) is 26.3 Å². The average Bonchev–Trinajstić information content (AvgIpc) is 2.34. The number of hydrogen-bond acceptors (Lipinski definition) is 4. The molecule has 1 rings (SSSR count). The minimum Gasteiger partial charge on any atom is -0.459 e. The highest BCUT2D eigenvalue weighted by Crippen LogP contribution is 2.40. The summed E-state index contributed by atoms with van der Waals surface area (Å²) in [5.74, 6) is -0.626. The van der Waals surface area contributed by atoms with E-state index in [9.17, 15) is 13.2 Å². The Balaban J connectivity index is 3.20. The lowest BCUT2D eigenvalue weighted by Gasteiger charge is -2.15. The summed E-state index contributed by atoms with van der Waals surface area (Å²) in [4.78, 5) is 0. The van der Waals surface area contributed by atoms with Gasteiger partial charge in [-0.1, -0.05) is 0 Å². The van der Waals surface area contributed by atoms with Gasteiger partial charge in [0.1, 0.15) is 0 Å². The Morgan fingerprint density at radius 3 is 2.00 bits per heavy atom. The summed E-state index contributed by atoms with van der Waals surface area (Å²) >= 11 is 0. The highest BCUT2D eigenvalue weighted by atomic mass is 19.1. The maximum absolute atomic E-state index is 12.2. The lowest BCUT2D eigenvalue weighted by Crippen LogP contribution is -2.04. The molecule has 0 bridgehead atoms. The Morgan fingerprint density at radius 1 is 0.882 bits per heavy atom. The van der Waals surface area contributed by atoms with Crippen LogP contribution in [-0.4, -0.2) is 25.7 Å². The smallest absolute Gasteiger partial charge is 0.229 e. The van der Waals surface area contributed by atoms with Gasteiger partial charge in [-0.3, -0.25) is 0 Å². The standard InChI is InChI=1S/C10H11F3O4/c11-4-15-8-2-1-7(3-14)9(16-5-12)10(8)17-6-13/h1-2,14H,3-6H2. The fraction of sp³-hybridized carbons (Fsp3) is 0.400. The lowest BCUT2D eigenvalue weighted by atomic mass is 10.2. The number of rotatable bonds is 7. The van der Waals surface area contributed by atoms with Crippen molar-refractivity contribution in [1.82, 2.24) is 0 Å². The van der Waals surface area contributed by atoms with E-state index < -0.39 is 27.2 Å². The number of aliphatic hydroxyl groups excluding tert-OH is 1. The van der Waals surface area contributed by atoms with Crippen molar-refractivity contribution in [1.29, 1.82) is 0 Å². The Kier molecular flexibility index (Phi) is 5.41. The van der Waals surface area contributed by atoms with E-state index in [1.54, 1.807) is 0 Å². The maximum Gasteiger partial charge on any atom is 0.229 e. The first-order valence-electron chi connectivity index (χ1n) is 4.61. The first kappa shape index (κ1) is 13.4. The van der Waals surface area contributed by atoms with Gasteiger partial charge in [-0.25, -0.2) is 13.2 Å². The van der Waals surface area contributed by atoms with Crippen molar-refractivity contribution in [2.75, 3.05) is 20.6 Å². The molecule has 0 aliphatic heterocycles. The predicted octanol–water partition coefficient (Wildman–Crippen LogP) is 2.10. The van der Waals surface area contributed by atoms with E-state index in [2.05, 4.69) is 14.2 Å². The number of ether oxygens (including phenoxy) is 3. The average molecular weight is 252 g/mol. The maximum atomic E-state index is 12.2. The normalized spacial score (nSPS) is 10.1. The molecule has 0 heterocycles. The molecule has 0 saturated carbocycles. The number of aliphatic hydroxyl groups is 1. The molecule has 4 nitrogen and oxygen atoms in total. The molecule has 0 aromatic heterocycles. The van der Waals surface area contributed by atoms with Gasteiger partial charge in [-0.2, -0.15) is 0 Å². The van der Waals surface area contributed by atoms with Crippen LogP contribution in [0.2, 0.25) is 0 Å². The van der Waals surface area contributed by atoms with Gasteiger partial charge < -0.3 is 19.3 Å². The molecule has 0 aliphatic rings. The lowest BCUT2D eigenvalue weighted by molar-refractivity contribution is 0.137. The van der Waals surface area contributed by atoms with E-state index in [1.165, 1.54) is 12.1 Å². The van der Waals surface area contributed by atoms with Crippen LogP contribution < -0.4 is 14.2 Å². The van der Waals surface area contributed by atoms with Crippen molar-refractivity contribution >= 4 is 0 Å². The summed E-state index contributed by atoms with van der Waals surface area (Å²) in [7, 11) is 0. The Bertz CT molecular complexity index is 360. The van der Waals surface area contributed by atoms with E-state index in [0.717, 1.165) is 0 Å². The van der Waals surface area contributed by atoms with Crippen LogP contribution in [0.3, 0.4) is 0 Å². The topological polar surface area (TPSA) is 47.9 Å². The predicted molar refractivity (Wildman–Crippen MR) is 52.2 cm³/mol. The van der Waals surface area contributed by atoms with Crippen LogP contribution in [-0.2, 0) is 6.61 Å². The number of alkyl halides is 3. The van der Waals surface area contributed by atoms with Crippen LogP contribution in [0.4, 0.5) is 13.2 Å². The van der Waals surface area contributed by atoms with E-state index >= 15 is 0 Å². The third-order valence-corrected chi connectivity index (χ3v) is 1.94. The van der Waals surface area contributed by atoms with E-state index in [4.69, 9.17) is 5.11 Å². The molecular weight excluding hydrogens is 241 g/mol. The first-order chi connectivity index (χ1) is 8.28.